The van der Waals surface area contributed by atoms with E-state index < -0.39 is 26.2 Å². The van der Waals surface area contributed by atoms with Crippen LogP contribution < -0.4 is 0 Å². The minimum Gasteiger partial charge on any atom is -0.360 e. The van der Waals surface area contributed by atoms with E-state index >= 15 is 0 Å². The average molecular weight is 283 g/mol. The third kappa shape index (κ3) is 2.16. The molecular weight excluding hydrogens is 269 g/mol. The second kappa shape index (κ2) is 4.16. The Balaban J connectivity index is 2.60. The lowest BCUT2D eigenvalue weighted by atomic mass is 10.00. The fourth-order valence-corrected chi connectivity index (χ4v) is 2.23. The van der Waals surface area contributed by atoms with Crippen molar-refractivity contribution in [2.45, 2.75) is 18.6 Å². The number of H-pyrrole nitrogens is 1. The Morgan fingerprint density at radius 3 is 2.53 bits per heavy atom. The number of hydrogen-bond donors (Lipinski definition) is 1. The molecule has 0 saturated heterocycles. The topological polar surface area (TPSA) is 67.0 Å². The van der Waals surface area contributed by atoms with Crippen LogP contribution in [0.2, 0.25) is 0 Å². The minimum atomic E-state index is -3.54. The molecule has 4 nitrogen and oxygen atoms in total. The first-order valence-corrected chi connectivity index (χ1v) is 7.55. The Morgan fingerprint density at radius 1 is 1.32 bits per heavy atom. The number of sulfone groups is 1. The van der Waals surface area contributed by atoms with Gasteiger partial charge < -0.3 is 4.98 Å². The molecule has 102 valence electrons. The Bertz CT molecular complexity index is 759. The fourth-order valence-electron chi connectivity index (χ4n) is 1.78. The van der Waals surface area contributed by atoms with E-state index in [1.165, 1.54) is 38.2 Å². The molecule has 0 fully saturated rings. The molecule has 0 aliphatic rings. The maximum Gasteiger partial charge on any atom is 0.185 e. The third-order valence-corrected chi connectivity index (χ3v) is 5.40. The monoisotopic (exact) mass is 283 g/mol. The van der Waals surface area contributed by atoms with Crippen LogP contribution >= 0.6 is 0 Å². The zero-order valence-corrected chi connectivity index (χ0v) is 11.6. The van der Waals surface area contributed by atoms with Crippen LogP contribution in [0.1, 0.15) is 24.2 Å². The van der Waals surface area contributed by atoms with Gasteiger partial charge >= 0.3 is 0 Å². The van der Waals surface area contributed by atoms with Gasteiger partial charge in [-0.25, -0.2) is 12.8 Å². The number of ketones is 1. The number of nitrogens with one attached hydrogen (secondary N) is 1. The molecule has 0 amide bonds. The summed E-state index contributed by atoms with van der Waals surface area (Å²) in [5.74, 6) is -0.927. The van der Waals surface area contributed by atoms with Crippen molar-refractivity contribution in [2.75, 3.05) is 6.26 Å². The van der Waals surface area contributed by atoms with Gasteiger partial charge in [0.15, 0.2) is 15.6 Å². The fraction of sp³-hybridized carbons (Fsp3) is 0.308. The second-order valence-corrected chi connectivity index (χ2v) is 7.57. The van der Waals surface area contributed by atoms with Gasteiger partial charge in [0.1, 0.15) is 10.6 Å². The number of benzene rings is 1. The van der Waals surface area contributed by atoms with Crippen molar-refractivity contribution >= 4 is 26.5 Å². The van der Waals surface area contributed by atoms with Crippen molar-refractivity contribution < 1.29 is 17.6 Å². The predicted molar refractivity (Wildman–Crippen MR) is 71.5 cm³/mol. The summed E-state index contributed by atoms with van der Waals surface area (Å²) < 4.78 is 34.9. The Kier molecular flexibility index (Phi) is 3.01. The predicted octanol–water partition coefficient (Wildman–Crippen LogP) is 2.31. The van der Waals surface area contributed by atoms with E-state index in [2.05, 4.69) is 4.98 Å². The first-order valence-electron chi connectivity index (χ1n) is 5.65. The highest BCUT2D eigenvalue weighted by Gasteiger charge is 2.39. The van der Waals surface area contributed by atoms with Crippen LogP contribution in [0.4, 0.5) is 4.39 Å². The Morgan fingerprint density at radius 2 is 1.95 bits per heavy atom. The molecule has 0 radical (unpaired) electrons. The molecule has 19 heavy (non-hydrogen) atoms. The summed E-state index contributed by atoms with van der Waals surface area (Å²) in [6.07, 6.45) is 2.44. The van der Waals surface area contributed by atoms with Gasteiger partial charge in [0.05, 0.1) is 0 Å². The van der Waals surface area contributed by atoms with Crippen molar-refractivity contribution in [1.29, 1.82) is 0 Å². The number of carbonyl (C=O) groups excluding carboxylic acids is 1. The molecule has 0 aliphatic carbocycles. The molecule has 1 aromatic heterocycles. The molecule has 0 aliphatic heterocycles. The quantitative estimate of drug-likeness (QED) is 0.879. The number of hydrogen-bond acceptors (Lipinski definition) is 3. The largest absolute Gasteiger partial charge is 0.360 e. The van der Waals surface area contributed by atoms with Crippen LogP contribution in [-0.2, 0) is 9.84 Å². The highest BCUT2D eigenvalue weighted by Crippen LogP contribution is 2.27. The number of halogens is 1. The summed E-state index contributed by atoms with van der Waals surface area (Å²) in [5, 5.41) is 0.517. The lowest BCUT2D eigenvalue weighted by Crippen LogP contribution is -2.39. The minimum absolute atomic E-state index is 0.255. The van der Waals surface area contributed by atoms with E-state index in [0.717, 1.165) is 6.26 Å². The SMILES string of the molecule is CC(C)(C(=O)c1c[nH]c2cc(F)ccc12)S(C)(=O)=O. The lowest BCUT2D eigenvalue weighted by molar-refractivity contribution is 0.0956. The molecule has 6 heteroatoms. The van der Waals surface area contributed by atoms with Gasteiger partial charge in [0.25, 0.3) is 0 Å². The van der Waals surface area contributed by atoms with Gasteiger partial charge in [-0.05, 0) is 32.0 Å². The Hall–Kier alpha value is -1.69. The third-order valence-electron chi connectivity index (χ3n) is 3.36. The number of fused-ring (bicyclic) bond motifs is 1. The summed E-state index contributed by atoms with van der Waals surface area (Å²) in [6, 6.07) is 3.96. The van der Waals surface area contributed by atoms with Crippen LogP contribution in [-0.4, -0.2) is 30.2 Å². The van der Waals surface area contributed by atoms with Crippen molar-refractivity contribution in [2.24, 2.45) is 0 Å². The standard InChI is InChI=1S/C13H14FNO3S/c1-13(2,19(3,17)18)12(16)10-7-15-11-6-8(14)4-5-9(10)11/h4-7,15H,1-3H3. The molecule has 2 aromatic rings. The van der Waals surface area contributed by atoms with Crippen LogP contribution in [0.15, 0.2) is 24.4 Å². The molecule has 0 saturated carbocycles. The van der Waals surface area contributed by atoms with Gasteiger partial charge in [-0.15, -0.1) is 0 Å². The summed E-state index contributed by atoms with van der Waals surface area (Å²) in [6.45, 7) is 2.74. The van der Waals surface area contributed by atoms with Crippen LogP contribution in [0.3, 0.4) is 0 Å². The van der Waals surface area contributed by atoms with E-state index in [-0.39, 0.29) is 5.56 Å². The number of Topliss-reactive ketones (excluding diaryl/α,β-unsaturated/α-hetero) is 1. The van der Waals surface area contributed by atoms with E-state index in [1.807, 2.05) is 0 Å². The van der Waals surface area contributed by atoms with Crippen LogP contribution in [0.5, 0.6) is 0 Å². The number of aromatic nitrogens is 1. The molecule has 0 unspecified atom stereocenters. The molecule has 0 atom stereocenters. The van der Waals surface area contributed by atoms with Gasteiger partial charge in [-0.2, -0.15) is 0 Å². The van der Waals surface area contributed by atoms with E-state index in [4.69, 9.17) is 0 Å². The van der Waals surface area contributed by atoms with Gasteiger partial charge in [0.2, 0.25) is 0 Å². The van der Waals surface area contributed by atoms with Crippen molar-refractivity contribution in [3.05, 3.63) is 35.8 Å². The first kappa shape index (κ1) is 13.7. The average Bonchev–Trinajstić information content (AvgIpc) is 2.69. The van der Waals surface area contributed by atoms with Crippen molar-refractivity contribution in [1.82, 2.24) is 4.98 Å². The summed E-state index contributed by atoms with van der Waals surface area (Å²) in [5.41, 5.74) is 0.720. The van der Waals surface area contributed by atoms with Gasteiger partial charge in [-0.1, -0.05) is 0 Å². The molecule has 1 heterocycles. The molecule has 0 bridgehead atoms. The highest BCUT2D eigenvalue weighted by atomic mass is 32.2. The zero-order valence-electron chi connectivity index (χ0n) is 10.8. The highest BCUT2D eigenvalue weighted by molar-refractivity contribution is 7.92. The summed E-state index contributed by atoms with van der Waals surface area (Å²) in [4.78, 5) is 15.2. The van der Waals surface area contributed by atoms with Crippen LogP contribution in [0.25, 0.3) is 10.9 Å². The molecule has 0 spiro atoms. The second-order valence-electron chi connectivity index (χ2n) is 5.00. The van der Waals surface area contributed by atoms with Crippen molar-refractivity contribution in [3.63, 3.8) is 0 Å². The summed E-state index contributed by atoms with van der Waals surface area (Å²) >= 11 is 0. The maximum absolute atomic E-state index is 13.1. The normalized spacial score (nSPS) is 12.8. The first-order chi connectivity index (χ1) is 8.64. The molecule has 1 aromatic carbocycles. The summed E-state index contributed by atoms with van der Waals surface area (Å²) in [7, 11) is -3.54. The van der Waals surface area contributed by atoms with E-state index in [9.17, 15) is 17.6 Å². The van der Waals surface area contributed by atoms with Crippen molar-refractivity contribution in [3.8, 4) is 0 Å². The number of aromatic amines is 1. The number of rotatable bonds is 3. The van der Waals surface area contributed by atoms with Gasteiger partial charge in [-0.3, -0.25) is 4.79 Å². The molecule has 2 rings (SSSR count). The van der Waals surface area contributed by atoms with Gasteiger partial charge in [0, 0.05) is 28.9 Å². The maximum atomic E-state index is 13.1. The molecular formula is C13H14FNO3S. The smallest absolute Gasteiger partial charge is 0.185 e. The van der Waals surface area contributed by atoms with Crippen LogP contribution in [0, 0.1) is 5.82 Å². The molecule has 1 N–H and O–H groups in total. The Labute approximate surface area is 110 Å². The van der Waals surface area contributed by atoms with E-state index in [0.29, 0.717) is 10.9 Å². The zero-order chi connectivity index (χ0) is 14.4. The van der Waals surface area contributed by atoms with E-state index in [1.54, 1.807) is 0 Å². The lowest BCUT2D eigenvalue weighted by Gasteiger charge is -2.20. The number of carbonyl (C=O) groups is 1.